The van der Waals surface area contributed by atoms with Gasteiger partial charge in [0.05, 0.1) is 0 Å². The van der Waals surface area contributed by atoms with E-state index >= 15 is 0 Å². The average Bonchev–Trinajstić information content (AvgIpc) is 2.46. The molecule has 0 spiro atoms. The van der Waals surface area contributed by atoms with Crippen LogP contribution in [0, 0.1) is 5.82 Å². The number of nitrogens with two attached hydrogens (primary N) is 1. The minimum atomic E-state index is -2.54. The predicted octanol–water partition coefficient (Wildman–Crippen LogP) is 4.29. The Labute approximate surface area is 120 Å². The molecule has 1 aliphatic heterocycles. The van der Waals surface area contributed by atoms with E-state index in [2.05, 4.69) is 0 Å². The summed E-state index contributed by atoms with van der Waals surface area (Å²) in [6.45, 7) is 0. The van der Waals surface area contributed by atoms with E-state index in [1.807, 2.05) is 0 Å². The molecule has 2 aromatic carbocycles. The van der Waals surface area contributed by atoms with Crippen molar-refractivity contribution in [2.45, 2.75) is 25.0 Å². The Morgan fingerprint density at radius 2 is 1.95 bits per heavy atom. The van der Waals surface area contributed by atoms with Crippen molar-refractivity contribution in [3.63, 3.8) is 0 Å². The zero-order chi connectivity index (χ0) is 15.0. The Hall–Kier alpha value is -2.01. The van der Waals surface area contributed by atoms with Crippen LogP contribution in [0.3, 0.4) is 0 Å². The lowest BCUT2D eigenvalue weighted by molar-refractivity contribution is 0.148. The van der Waals surface area contributed by atoms with Gasteiger partial charge >= 0.3 is 0 Å². The molecule has 0 saturated carbocycles. The van der Waals surface area contributed by atoms with Crippen molar-refractivity contribution in [1.29, 1.82) is 0 Å². The van der Waals surface area contributed by atoms with Crippen LogP contribution in [0.15, 0.2) is 42.5 Å². The highest BCUT2D eigenvalue weighted by Gasteiger charge is 2.27. The van der Waals surface area contributed by atoms with Gasteiger partial charge in [-0.15, -0.1) is 0 Å². The van der Waals surface area contributed by atoms with Crippen LogP contribution in [0.25, 0.3) is 0 Å². The van der Waals surface area contributed by atoms with Gasteiger partial charge in [0, 0.05) is 29.7 Å². The number of hydrogen-bond donors (Lipinski definition) is 1. The summed E-state index contributed by atoms with van der Waals surface area (Å²) in [5.74, 6) is -0.0378. The molecule has 2 aromatic rings. The highest BCUT2D eigenvalue weighted by molar-refractivity contribution is 5.40. The Balaban J connectivity index is 1.93. The first-order valence-corrected chi connectivity index (χ1v) is 6.64. The highest BCUT2D eigenvalue weighted by atomic mass is 19.3. The molecule has 21 heavy (non-hydrogen) atoms. The first-order valence-electron chi connectivity index (χ1n) is 6.64. The molecule has 0 radical (unpaired) electrons. The van der Waals surface area contributed by atoms with Gasteiger partial charge in [-0.1, -0.05) is 24.3 Å². The standard InChI is InChI=1S/C16H14F3NO/c17-11-4-5-12-13(20)8-14(21-15(12)7-11)9-2-1-3-10(6-9)16(18)19/h1-7,13-14,16H,8,20H2/t13-,14?/m1/s1. The lowest BCUT2D eigenvalue weighted by Gasteiger charge is -2.30. The molecule has 2 atom stereocenters. The normalized spacial score (nSPS) is 21.0. The summed E-state index contributed by atoms with van der Waals surface area (Å²) in [6.07, 6.45) is -2.52. The number of halogens is 3. The molecule has 5 heteroatoms. The van der Waals surface area contributed by atoms with Crippen molar-refractivity contribution in [3.05, 3.63) is 65.0 Å². The Kier molecular flexibility index (Phi) is 3.59. The molecule has 2 nitrogen and oxygen atoms in total. The minimum absolute atomic E-state index is 0.0605. The number of benzene rings is 2. The van der Waals surface area contributed by atoms with E-state index in [0.717, 1.165) is 5.56 Å². The summed E-state index contributed by atoms with van der Waals surface area (Å²) >= 11 is 0. The summed E-state index contributed by atoms with van der Waals surface area (Å²) in [4.78, 5) is 0. The molecule has 0 aromatic heterocycles. The van der Waals surface area contributed by atoms with E-state index in [9.17, 15) is 13.2 Å². The molecular weight excluding hydrogens is 279 g/mol. The first-order chi connectivity index (χ1) is 10.0. The molecule has 1 unspecified atom stereocenters. The van der Waals surface area contributed by atoms with Gasteiger partial charge in [0.1, 0.15) is 17.7 Å². The second-order valence-electron chi connectivity index (χ2n) is 5.10. The van der Waals surface area contributed by atoms with E-state index in [1.54, 1.807) is 18.2 Å². The van der Waals surface area contributed by atoms with Crippen LogP contribution in [0.5, 0.6) is 5.75 Å². The highest BCUT2D eigenvalue weighted by Crippen LogP contribution is 2.40. The van der Waals surface area contributed by atoms with Crippen LogP contribution in [-0.4, -0.2) is 0 Å². The molecule has 0 amide bonds. The van der Waals surface area contributed by atoms with Gasteiger partial charge in [0.2, 0.25) is 0 Å². The van der Waals surface area contributed by atoms with Crippen molar-refractivity contribution >= 4 is 0 Å². The van der Waals surface area contributed by atoms with Gasteiger partial charge in [0.25, 0.3) is 6.43 Å². The van der Waals surface area contributed by atoms with Gasteiger partial charge in [-0.25, -0.2) is 13.2 Å². The molecule has 0 fully saturated rings. The van der Waals surface area contributed by atoms with Crippen LogP contribution < -0.4 is 10.5 Å². The molecule has 2 N–H and O–H groups in total. The Morgan fingerprint density at radius 1 is 1.14 bits per heavy atom. The second-order valence-corrected chi connectivity index (χ2v) is 5.10. The van der Waals surface area contributed by atoms with E-state index in [1.165, 1.54) is 24.3 Å². The van der Waals surface area contributed by atoms with Crippen LogP contribution in [0.4, 0.5) is 13.2 Å². The summed E-state index contributed by atoms with van der Waals surface area (Å²) in [5.41, 5.74) is 7.37. The van der Waals surface area contributed by atoms with Crippen molar-refractivity contribution in [2.75, 3.05) is 0 Å². The lowest BCUT2D eigenvalue weighted by Crippen LogP contribution is -2.24. The summed E-state index contributed by atoms with van der Waals surface area (Å²) < 4.78 is 44.6. The fraction of sp³-hybridized carbons (Fsp3) is 0.250. The molecular formula is C16H14F3NO. The number of ether oxygens (including phenoxy) is 1. The molecule has 0 bridgehead atoms. The third-order valence-electron chi connectivity index (χ3n) is 3.65. The maximum atomic E-state index is 13.3. The number of hydrogen-bond acceptors (Lipinski definition) is 2. The maximum Gasteiger partial charge on any atom is 0.263 e. The third-order valence-corrected chi connectivity index (χ3v) is 3.65. The van der Waals surface area contributed by atoms with Gasteiger partial charge in [0.15, 0.2) is 0 Å². The smallest absolute Gasteiger partial charge is 0.263 e. The molecule has 3 rings (SSSR count). The van der Waals surface area contributed by atoms with Crippen LogP contribution in [0.2, 0.25) is 0 Å². The summed E-state index contributed by atoms with van der Waals surface area (Å²) in [7, 11) is 0. The summed E-state index contributed by atoms with van der Waals surface area (Å²) in [5, 5.41) is 0. The largest absolute Gasteiger partial charge is 0.485 e. The van der Waals surface area contributed by atoms with Crippen LogP contribution in [0.1, 0.15) is 41.7 Å². The molecule has 110 valence electrons. The quantitative estimate of drug-likeness (QED) is 0.896. The van der Waals surface area contributed by atoms with E-state index in [0.29, 0.717) is 17.7 Å². The maximum absolute atomic E-state index is 13.3. The van der Waals surface area contributed by atoms with Crippen molar-refractivity contribution in [3.8, 4) is 5.75 Å². The van der Waals surface area contributed by atoms with E-state index in [-0.39, 0.29) is 11.6 Å². The monoisotopic (exact) mass is 293 g/mol. The number of rotatable bonds is 2. The molecule has 1 aliphatic rings. The summed E-state index contributed by atoms with van der Waals surface area (Å²) in [6, 6.07) is 9.95. The zero-order valence-corrected chi connectivity index (χ0v) is 11.1. The third kappa shape index (κ3) is 2.74. The van der Waals surface area contributed by atoms with Crippen LogP contribution >= 0.6 is 0 Å². The van der Waals surface area contributed by atoms with Crippen molar-refractivity contribution < 1.29 is 17.9 Å². The predicted molar refractivity (Wildman–Crippen MR) is 72.7 cm³/mol. The SMILES string of the molecule is N[C@@H]1CC(c2cccc(C(F)F)c2)Oc2cc(F)ccc21. The van der Waals surface area contributed by atoms with Crippen molar-refractivity contribution in [1.82, 2.24) is 0 Å². The van der Waals surface area contributed by atoms with Gasteiger partial charge < -0.3 is 10.5 Å². The minimum Gasteiger partial charge on any atom is -0.485 e. The fourth-order valence-corrected chi connectivity index (χ4v) is 2.57. The number of alkyl halides is 2. The Morgan fingerprint density at radius 3 is 2.71 bits per heavy atom. The molecule has 1 heterocycles. The second kappa shape index (κ2) is 5.41. The van der Waals surface area contributed by atoms with E-state index < -0.39 is 18.3 Å². The van der Waals surface area contributed by atoms with Crippen molar-refractivity contribution in [2.24, 2.45) is 5.73 Å². The molecule has 0 aliphatic carbocycles. The first kappa shape index (κ1) is 13.9. The van der Waals surface area contributed by atoms with Crippen LogP contribution in [-0.2, 0) is 0 Å². The van der Waals surface area contributed by atoms with Gasteiger partial charge in [-0.05, 0) is 17.7 Å². The lowest BCUT2D eigenvalue weighted by atomic mass is 9.93. The Bertz CT molecular complexity index is 660. The molecule has 0 saturated heterocycles. The van der Waals surface area contributed by atoms with Gasteiger partial charge in [-0.3, -0.25) is 0 Å². The van der Waals surface area contributed by atoms with Gasteiger partial charge in [-0.2, -0.15) is 0 Å². The average molecular weight is 293 g/mol. The fourth-order valence-electron chi connectivity index (χ4n) is 2.57. The zero-order valence-electron chi connectivity index (χ0n) is 11.1. The van der Waals surface area contributed by atoms with E-state index in [4.69, 9.17) is 10.5 Å². The number of fused-ring (bicyclic) bond motifs is 1. The topological polar surface area (TPSA) is 35.2 Å².